The van der Waals surface area contributed by atoms with Gasteiger partial charge in [0.15, 0.2) is 0 Å². The van der Waals surface area contributed by atoms with Gasteiger partial charge >= 0.3 is 0 Å². The summed E-state index contributed by atoms with van der Waals surface area (Å²) in [7, 11) is 0. The lowest BCUT2D eigenvalue weighted by molar-refractivity contribution is 0.536. The highest BCUT2D eigenvalue weighted by Crippen LogP contribution is 2.19. The van der Waals surface area contributed by atoms with Crippen LogP contribution in [0.4, 0.5) is 0 Å². The molecule has 2 nitrogen and oxygen atoms in total. The van der Waals surface area contributed by atoms with Gasteiger partial charge in [-0.05, 0) is 18.6 Å². The molecule has 1 aromatic carbocycles. The van der Waals surface area contributed by atoms with E-state index in [0.29, 0.717) is 0 Å². The molecule has 1 unspecified atom stereocenters. The van der Waals surface area contributed by atoms with E-state index in [9.17, 15) is 8.76 Å². The van der Waals surface area contributed by atoms with Gasteiger partial charge in [0.05, 0.1) is 0 Å². The molecular weight excluding hydrogens is 240 g/mol. The Morgan fingerprint density at radius 1 is 1.58 bits per heavy atom. The van der Waals surface area contributed by atoms with Crippen LogP contribution in [0.25, 0.3) is 0 Å². The summed E-state index contributed by atoms with van der Waals surface area (Å²) in [4.78, 5) is 0. The van der Waals surface area contributed by atoms with Gasteiger partial charge in [0.25, 0.3) is 0 Å². The summed E-state index contributed by atoms with van der Waals surface area (Å²) in [5.41, 5.74) is 1.88. The lowest BCUT2D eigenvalue weighted by Gasteiger charge is -2.07. The lowest BCUT2D eigenvalue weighted by atomic mass is 10.2. The normalized spacial score (nSPS) is 12.9. The van der Waals surface area contributed by atoms with Crippen molar-refractivity contribution < 1.29 is 8.76 Å². The number of halogens is 1. The summed E-state index contributed by atoms with van der Waals surface area (Å²) >= 11 is 1.27. The van der Waals surface area contributed by atoms with Crippen molar-refractivity contribution in [2.75, 3.05) is 0 Å². The average molecular weight is 248 g/mol. The molecule has 0 amide bonds. The van der Waals surface area contributed by atoms with Gasteiger partial charge in [-0.15, -0.1) is 0 Å². The van der Waals surface area contributed by atoms with Crippen LogP contribution in [0.1, 0.15) is 11.1 Å². The second-order valence-corrected chi connectivity index (χ2v) is 4.29. The molecule has 0 bridgehead atoms. The highest BCUT2D eigenvalue weighted by atomic mass is 79.9. The van der Waals surface area contributed by atoms with Crippen molar-refractivity contribution in [2.24, 2.45) is 0 Å². The zero-order valence-electron chi connectivity index (χ0n) is 6.54. The monoisotopic (exact) mass is 247 g/mol. The molecular formula is C8H8BrO2S-. The minimum absolute atomic E-state index is 0.0717. The molecule has 0 aromatic heterocycles. The maximum Gasteiger partial charge on any atom is 0.0364 e. The van der Waals surface area contributed by atoms with E-state index in [1.54, 1.807) is 0 Å². The van der Waals surface area contributed by atoms with Crippen LogP contribution < -0.4 is 0 Å². The van der Waals surface area contributed by atoms with Crippen LogP contribution in [0.3, 0.4) is 0 Å². The fourth-order valence-electron chi connectivity index (χ4n) is 0.941. The third-order valence-corrected chi connectivity index (χ3v) is 2.79. The van der Waals surface area contributed by atoms with Crippen LogP contribution in [0, 0.1) is 6.92 Å². The van der Waals surface area contributed by atoms with Gasteiger partial charge in [0.2, 0.25) is 0 Å². The lowest BCUT2D eigenvalue weighted by Crippen LogP contribution is -1.94. The third kappa shape index (κ3) is 2.69. The molecule has 0 aliphatic rings. The Hall–Kier alpha value is -0.190. The van der Waals surface area contributed by atoms with Crippen molar-refractivity contribution in [3.05, 3.63) is 33.8 Å². The second-order valence-electron chi connectivity index (χ2n) is 2.54. The maximum absolute atomic E-state index is 10.4. The summed E-state index contributed by atoms with van der Waals surface area (Å²) in [5, 5.41) is 0. The first-order valence-electron chi connectivity index (χ1n) is 3.40. The van der Waals surface area contributed by atoms with Gasteiger partial charge in [-0.3, -0.25) is 4.21 Å². The van der Waals surface area contributed by atoms with Crippen LogP contribution in [-0.4, -0.2) is 8.76 Å². The van der Waals surface area contributed by atoms with Crippen molar-refractivity contribution in [1.29, 1.82) is 0 Å². The molecule has 1 atom stereocenters. The molecule has 0 aliphatic heterocycles. The first-order valence-corrected chi connectivity index (χ1v) is 5.44. The zero-order valence-corrected chi connectivity index (χ0v) is 8.94. The van der Waals surface area contributed by atoms with E-state index >= 15 is 0 Å². The van der Waals surface area contributed by atoms with Crippen LogP contribution in [-0.2, 0) is 16.8 Å². The molecule has 4 heteroatoms. The van der Waals surface area contributed by atoms with Crippen LogP contribution in [0.15, 0.2) is 22.7 Å². The van der Waals surface area contributed by atoms with Gasteiger partial charge in [-0.25, -0.2) is 0 Å². The first kappa shape index (κ1) is 9.89. The predicted octanol–water partition coefficient (Wildman–Crippen LogP) is 2.14. The molecule has 1 aromatic rings. The second kappa shape index (κ2) is 4.16. The van der Waals surface area contributed by atoms with Crippen molar-refractivity contribution in [2.45, 2.75) is 12.7 Å². The fraction of sp³-hybridized carbons (Fsp3) is 0.250. The van der Waals surface area contributed by atoms with Gasteiger partial charge in [-0.2, -0.15) is 0 Å². The van der Waals surface area contributed by atoms with Crippen LogP contribution in [0.5, 0.6) is 0 Å². The Balaban J connectivity index is 2.97. The van der Waals surface area contributed by atoms with E-state index in [-0.39, 0.29) is 5.75 Å². The van der Waals surface area contributed by atoms with Gasteiger partial charge in [0, 0.05) is 10.2 Å². The molecule has 0 spiro atoms. The average Bonchev–Trinajstić information content (AvgIpc) is 1.96. The topological polar surface area (TPSA) is 40.1 Å². The van der Waals surface area contributed by atoms with E-state index in [1.807, 2.05) is 25.1 Å². The van der Waals surface area contributed by atoms with Gasteiger partial charge < -0.3 is 4.55 Å². The van der Waals surface area contributed by atoms with E-state index in [4.69, 9.17) is 0 Å². The van der Waals surface area contributed by atoms with Crippen molar-refractivity contribution in [3.63, 3.8) is 0 Å². The molecule has 66 valence electrons. The summed E-state index contributed by atoms with van der Waals surface area (Å²) in [6.45, 7) is 1.93. The Kier molecular flexibility index (Phi) is 3.43. The first-order chi connectivity index (χ1) is 5.59. The highest BCUT2D eigenvalue weighted by Gasteiger charge is 1.99. The minimum Gasteiger partial charge on any atom is -0.772 e. The van der Waals surface area contributed by atoms with E-state index in [2.05, 4.69) is 15.9 Å². The van der Waals surface area contributed by atoms with Gasteiger partial charge in [-0.1, -0.05) is 44.7 Å². The smallest absolute Gasteiger partial charge is 0.0364 e. The molecule has 0 heterocycles. The standard InChI is InChI=1S/C8H9BrO2S/c1-6-2-3-8(9)7(4-6)5-12(10)11/h2-4H,5H2,1H3,(H,10,11)/p-1. The minimum atomic E-state index is -2.02. The maximum atomic E-state index is 10.4. The molecule has 0 radical (unpaired) electrons. The summed E-state index contributed by atoms with van der Waals surface area (Å²) in [6, 6.07) is 5.65. The van der Waals surface area contributed by atoms with Crippen LogP contribution in [0.2, 0.25) is 0 Å². The fourth-order valence-corrected chi connectivity index (χ4v) is 2.01. The number of benzene rings is 1. The Morgan fingerprint density at radius 2 is 2.25 bits per heavy atom. The zero-order chi connectivity index (χ0) is 9.14. The molecule has 0 saturated carbocycles. The Bertz CT molecular complexity index is 312. The van der Waals surface area contributed by atoms with Crippen molar-refractivity contribution in [3.8, 4) is 0 Å². The molecule has 12 heavy (non-hydrogen) atoms. The highest BCUT2D eigenvalue weighted by molar-refractivity contribution is 9.10. The molecule has 0 saturated heterocycles. The van der Waals surface area contributed by atoms with Gasteiger partial charge in [0.1, 0.15) is 0 Å². The molecule has 0 aliphatic carbocycles. The SMILES string of the molecule is Cc1ccc(Br)c(CS(=O)[O-])c1. The van der Waals surface area contributed by atoms with Crippen molar-refractivity contribution >= 4 is 27.0 Å². The summed E-state index contributed by atoms with van der Waals surface area (Å²) in [5.74, 6) is 0.0717. The summed E-state index contributed by atoms with van der Waals surface area (Å²) < 4.78 is 21.7. The van der Waals surface area contributed by atoms with Crippen LogP contribution >= 0.6 is 15.9 Å². The molecule has 0 N–H and O–H groups in total. The number of aryl methyl sites for hydroxylation is 1. The largest absolute Gasteiger partial charge is 0.772 e. The third-order valence-electron chi connectivity index (χ3n) is 1.47. The molecule has 1 rings (SSSR count). The van der Waals surface area contributed by atoms with E-state index in [0.717, 1.165) is 15.6 Å². The Morgan fingerprint density at radius 3 is 2.83 bits per heavy atom. The van der Waals surface area contributed by atoms with Crippen molar-refractivity contribution in [1.82, 2.24) is 0 Å². The number of rotatable bonds is 2. The Labute approximate surface area is 82.4 Å². The quantitative estimate of drug-likeness (QED) is 0.752. The molecule has 0 fully saturated rings. The summed E-state index contributed by atoms with van der Waals surface area (Å²) in [6.07, 6.45) is 0. The predicted molar refractivity (Wildman–Crippen MR) is 51.5 cm³/mol. The van der Waals surface area contributed by atoms with E-state index in [1.165, 1.54) is 0 Å². The number of hydrogen-bond acceptors (Lipinski definition) is 2. The van der Waals surface area contributed by atoms with E-state index < -0.39 is 11.1 Å². The number of hydrogen-bond donors (Lipinski definition) is 0.